The fourth-order valence-corrected chi connectivity index (χ4v) is 3.07. The maximum Gasteiger partial charge on any atom is 0.281 e. The zero-order valence-electron chi connectivity index (χ0n) is 17.5. The third kappa shape index (κ3) is 4.28. The van der Waals surface area contributed by atoms with Crippen LogP contribution in [0.5, 0.6) is 11.5 Å². The molecule has 31 heavy (non-hydrogen) atoms. The highest BCUT2D eigenvalue weighted by Crippen LogP contribution is 2.28. The van der Waals surface area contributed by atoms with Gasteiger partial charge in [-0.3, -0.25) is 4.79 Å². The van der Waals surface area contributed by atoms with Gasteiger partial charge in [0.15, 0.2) is 17.3 Å². The molecule has 0 aliphatic carbocycles. The van der Waals surface area contributed by atoms with E-state index in [1.807, 2.05) is 37.3 Å². The number of hydrogen-bond donors (Lipinski definition) is 1. The molecule has 0 saturated carbocycles. The number of hydrogen-bond acceptors (Lipinski definition) is 7. The van der Waals surface area contributed by atoms with Gasteiger partial charge in [0.05, 0.1) is 20.5 Å². The Bertz CT molecular complexity index is 1180. The molecule has 158 valence electrons. The van der Waals surface area contributed by atoms with Gasteiger partial charge >= 0.3 is 0 Å². The van der Waals surface area contributed by atoms with Gasteiger partial charge < -0.3 is 19.2 Å². The van der Waals surface area contributed by atoms with Gasteiger partial charge in [0.2, 0.25) is 11.8 Å². The largest absolute Gasteiger partial charge is 0.493 e. The third-order valence-electron chi connectivity index (χ3n) is 4.74. The maximum absolute atomic E-state index is 13.1. The van der Waals surface area contributed by atoms with Crippen molar-refractivity contribution in [3.8, 4) is 23.1 Å². The van der Waals surface area contributed by atoms with Gasteiger partial charge in [-0.05, 0) is 48.9 Å². The van der Waals surface area contributed by atoms with Crippen molar-refractivity contribution in [3.63, 3.8) is 0 Å². The summed E-state index contributed by atoms with van der Waals surface area (Å²) in [5, 5.41) is 7.57. The minimum absolute atomic E-state index is 0.292. The molecule has 0 amide bonds. The van der Waals surface area contributed by atoms with Gasteiger partial charge in [0.1, 0.15) is 0 Å². The van der Waals surface area contributed by atoms with Gasteiger partial charge in [-0.1, -0.05) is 23.8 Å². The van der Waals surface area contributed by atoms with E-state index < -0.39 is 0 Å². The van der Waals surface area contributed by atoms with E-state index in [1.54, 1.807) is 38.5 Å². The molecule has 0 aliphatic rings. The Morgan fingerprint density at radius 3 is 2.52 bits per heavy atom. The van der Waals surface area contributed by atoms with E-state index in [9.17, 15) is 4.79 Å². The van der Waals surface area contributed by atoms with E-state index in [-0.39, 0.29) is 5.91 Å². The first-order valence-corrected chi connectivity index (χ1v) is 9.66. The molecule has 0 saturated heterocycles. The number of benzene rings is 2. The number of methoxy groups -OCH3 is 2. The lowest BCUT2D eigenvalue weighted by Gasteiger charge is -2.11. The summed E-state index contributed by atoms with van der Waals surface area (Å²) in [6.07, 6.45) is 1.54. The monoisotopic (exact) mass is 418 g/mol. The van der Waals surface area contributed by atoms with Crippen LogP contribution in [0.25, 0.3) is 11.6 Å². The number of aryl methyl sites for hydroxylation is 1. The van der Waals surface area contributed by atoms with Gasteiger partial charge in [-0.25, -0.2) is 0 Å². The molecule has 0 fully saturated rings. The van der Waals surface area contributed by atoms with E-state index in [0.29, 0.717) is 41.1 Å². The second-order valence-corrected chi connectivity index (χ2v) is 6.86. The number of carbonyl (C=O) groups is 1. The van der Waals surface area contributed by atoms with Crippen molar-refractivity contribution in [1.29, 1.82) is 0 Å². The lowest BCUT2D eigenvalue weighted by atomic mass is 10.1. The summed E-state index contributed by atoms with van der Waals surface area (Å²) >= 11 is 0. The van der Waals surface area contributed by atoms with E-state index in [2.05, 4.69) is 15.4 Å². The Morgan fingerprint density at radius 2 is 1.84 bits per heavy atom. The summed E-state index contributed by atoms with van der Waals surface area (Å²) in [7, 11) is 3.17. The second-order valence-electron chi connectivity index (χ2n) is 6.86. The van der Waals surface area contributed by atoms with Crippen LogP contribution in [0, 0.1) is 6.92 Å². The second kappa shape index (κ2) is 8.74. The summed E-state index contributed by atoms with van der Waals surface area (Å²) in [4.78, 5) is 17.6. The normalized spacial score (nSPS) is 10.7. The Morgan fingerprint density at radius 1 is 1.06 bits per heavy atom. The Labute approximate surface area is 179 Å². The molecular weight excluding hydrogens is 396 g/mol. The van der Waals surface area contributed by atoms with E-state index >= 15 is 0 Å². The number of ether oxygens (including phenoxy) is 2. The van der Waals surface area contributed by atoms with Crippen LogP contribution in [0.4, 0.5) is 5.95 Å². The predicted molar refractivity (Wildman–Crippen MR) is 116 cm³/mol. The summed E-state index contributed by atoms with van der Waals surface area (Å²) in [5.41, 5.74) is 2.50. The van der Waals surface area contributed by atoms with Crippen molar-refractivity contribution in [1.82, 2.24) is 14.8 Å². The molecule has 1 N–H and O–H groups in total. The molecule has 8 heteroatoms. The van der Waals surface area contributed by atoms with Crippen molar-refractivity contribution in [2.45, 2.75) is 13.5 Å². The van der Waals surface area contributed by atoms with E-state index in [0.717, 1.165) is 11.1 Å². The zero-order chi connectivity index (χ0) is 21.8. The van der Waals surface area contributed by atoms with Crippen molar-refractivity contribution < 1.29 is 18.7 Å². The highest BCUT2D eigenvalue weighted by atomic mass is 16.5. The predicted octanol–water partition coefficient (Wildman–Crippen LogP) is 4.16. The average molecular weight is 418 g/mol. The van der Waals surface area contributed by atoms with E-state index in [4.69, 9.17) is 13.9 Å². The number of aromatic nitrogens is 3. The molecule has 0 unspecified atom stereocenters. The molecule has 0 aliphatic heterocycles. The number of anilines is 1. The highest BCUT2D eigenvalue weighted by molar-refractivity contribution is 5.97. The minimum Gasteiger partial charge on any atom is -0.493 e. The fourth-order valence-electron chi connectivity index (χ4n) is 3.07. The molecule has 0 spiro atoms. The van der Waals surface area contributed by atoms with Crippen LogP contribution in [-0.4, -0.2) is 34.9 Å². The average Bonchev–Trinajstić information content (AvgIpc) is 3.47. The summed E-state index contributed by atoms with van der Waals surface area (Å²) < 4.78 is 17.3. The standard InChI is InChI=1S/C23H22N4O4/c1-15-6-9-17(10-7-15)22(28)27-23(25-21(26-27)19-5-4-12-31-19)24-14-16-8-11-18(29-2)20(13-16)30-3/h4-13H,14H2,1-3H3,(H,24,25,26). The lowest BCUT2D eigenvalue weighted by Crippen LogP contribution is -2.17. The van der Waals surface area contributed by atoms with Gasteiger partial charge in [0, 0.05) is 12.1 Å². The van der Waals surface area contributed by atoms with Crippen molar-refractivity contribution in [3.05, 3.63) is 77.6 Å². The Kier molecular flexibility index (Phi) is 5.70. The fraction of sp³-hybridized carbons (Fsp3) is 0.174. The molecule has 0 bridgehead atoms. The van der Waals surface area contributed by atoms with Gasteiger partial charge in [-0.2, -0.15) is 9.67 Å². The van der Waals surface area contributed by atoms with Crippen LogP contribution in [0.1, 0.15) is 21.5 Å². The highest BCUT2D eigenvalue weighted by Gasteiger charge is 2.20. The third-order valence-corrected chi connectivity index (χ3v) is 4.74. The van der Waals surface area contributed by atoms with Crippen molar-refractivity contribution in [2.24, 2.45) is 0 Å². The molecule has 2 heterocycles. The number of nitrogens with zero attached hydrogens (tertiary/aromatic N) is 3. The lowest BCUT2D eigenvalue weighted by molar-refractivity contribution is 0.0947. The molecule has 2 aromatic heterocycles. The summed E-state index contributed by atoms with van der Waals surface area (Å²) in [6, 6.07) is 16.4. The molecule has 2 aromatic carbocycles. The van der Waals surface area contributed by atoms with E-state index in [1.165, 1.54) is 10.9 Å². The van der Waals surface area contributed by atoms with Crippen LogP contribution in [0.3, 0.4) is 0 Å². The quantitative estimate of drug-likeness (QED) is 0.482. The van der Waals surface area contributed by atoms with Gasteiger partial charge in [0.25, 0.3) is 5.91 Å². The summed E-state index contributed by atoms with van der Waals surface area (Å²) in [5.74, 6) is 2.08. The smallest absolute Gasteiger partial charge is 0.281 e. The van der Waals surface area contributed by atoms with Crippen LogP contribution in [-0.2, 0) is 6.54 Å². The first-order chi connectivity index (χ1) is 15.1. The Hall–Kier alpha value is -4.07. The maximum atomic E-state index is 13.1. The number of nitrogens with one attached hydrogen (secondary N) is 1. The van der Waals surface area contributed by atoms with Crippen LogP contribution in [0.2, 0.25) is 0 Å². The van der Waals surface area contributed by atoms with Crippen LogP contribution < -0.4 is 14.8 Å². The molecular formula is C23H22N4O4. The van der Waals surface area contributed by atoms with Crippen LogP contribution >= 0.6 is 0 Å². The first-order valence-electron chi connectivity index (χ1n) is 9.66. The molecule has 0 atom stereocenters. The molecule has 4 aromatic rings. The van der Waals surface area contributed by atoms with Crippen molar-refractivity contribution in [2.75, 3.05) is 19.5 Å². The van der Waals surface area contributed by atoms with Crippen molar-refractivity contribution >= 4 is 11.9 Å². The summed E-state index contributed by atoms with van der Waals surface area (Å²) in [6.45, 7) is 2.37. The topological polar surface area (TPSA) is 91.4 Å². The number of furan rings is 1. The van der Waals surface area contributed by atoms with Gasteiger partial charge in [-0.15, -0.1) is 5.10 Å². The Balaban J connectivity index is 1.64. The molecule has 0 radical (unpaired) electrons. The van der Waals surface area contributed by atoms with Crippen LogP contribution in [0.15, 0.2) is 65.3 Å². The number of carbonyl (C=O) groups excluding carboxylic acids is 1. The molecule has 4 rings (SSSR count). The molecule has 8 nitrogen and oxygen atoms in total. The zero-order valence-corrected chi connectivity index (χ0v) is 17.5. The minimum atomic E-state index is -0.292. The SMILES string of the molecule is COc1ccc(CNc2nc(-c3ccco3)nn2C(=O)c2ccc(C)cc2)cc1OC. The first kappa shape index (κ1) is 20.2. The number of rotatable bonds is 7.